The molecule has 1 unspecified atom stereocenters. The van der Waals surface area contributed by atoms with Crippen LogP contribution < -0.4 is 0 Å². The molecule has 0 aliphatic heterocycles. The van der Waals surface area contributed by atoms with E-state index in [2.05, 4.69) is 187 Å². The fourth-order valence-electron chi connectivity index (χ4n) is 10.1. The maximum absolute atomic E-state index is 7.00. The van der Waals surface area contributed by atoms with Crippen molar-refractivity contribution in [2.75, 3.05) is 0 Å². The van der Waals surface area contributed by atoms with Gasteiger partial charge in [0.25, 0.3) is 0 Å². The number of aromatic nitrogens is 4. The van der Waals surface area contributed by atoms with Gasteiger partial charge >= 0.3 is 0 Å². The van der Waals surface area contributed by atoms with Crippen molar-refractivity contribution in [3.63, 3.8) is 0 Å². The molecule has 0 fully saturated rings. The minimum atomic E-state index is -0.0245. The highest BCUT2D eigenvalue weighted by molar-refractivity contribution is 6.10. The summed E-state index contributed by atoms with van der Waals surface area (Å²) in [5.41, 5.74) is 12.0. The van der Waals surface area contributed by atoms with E-state index in [0.717, 1.165) is 78.7 Å². The Morgan fingerprint density at radius 1 is 0.459 bits per heavy atom. The monoisotopic (exact) mass is 780 g/mol. The van der Waals surface area contributed by atoms with Crippen LogP contribution in [0, 0.1) is 0 Å². The molecule has 1 aliphatic rings. The summed E-state index contributed by atoms with van der Waals surface area (Å²) in [7, 11) is 0. The normalized spacial score (nSPS) is 13.9. The highest BCUT2D eigenvalue weighted by Gasteiger charge is 2.31. The van der Waals surface area contributed by atoms with Gasteiger partial charge in [-0.2, -0.15) is 9.97 Å². The van der Waals surface area contributed by atoms with E-state index in [-0.39, 0.29) is 5.92 Å². The Kier molecular flexibility index (Phi) is 7.43. The first kappa shape index (κ1) is 34.0. The second kappa shape index (κ2) is 13.3. The summed E-state index contributed by atoms with van der Waals surface area (Å²) in [6.07, 6.45) is 1.79. The summed E-state index contributed by atoms with van der Waals surface area (Å²) >= 11 is 0. The van der Waals surface area contributed by atoms with Gasteiger partial charge < -0.3 is 4.42 Å². The summed E-state index contributed by atoms with van der Waals surface area (Å²) in [5, 5.41) is 9.30. The Hall–Kier alpha value is -7.89. The Labute approximate surface area is 351 Å². The van der Waals surface area contributed by atoms with Gasteiger partial charge in [-0.25, -0.2) is 4.98 Å². The van der Waals surface area contributed by atoms with Crippen molar-refractivity contribution in [3.05, 3.63) is 205 Å². The molecule has 0 spiro atoms. The molecule has 5 heteroatoms. The van der Waals surface area contributed by atoms with Crippen molar-refractivity contribution < 1.29 is 4.42 Å². The molecule has 0 bridgehead atoms. The Morgan fingerprint density at radius 3 is 1.90 bits per heavy atom. The zero-order chi connectivity index (χ0) is 40.0. The maximum Gasteiger partial charge on any atom is 0.238 e. The number of benzene rings is 9. The molecule has 5 nitrogen and oxygen atoms in total. The van der Waals surface area contributed by atoms with Crippen LogP contribution in [0.2, 0.25) is 0 Å². The van der Waals surface area contributed by atoms with Crippen LogP contribution in [-0.2, 0) is 6.42 Å². The van der Waals surface area contributed by atoms with Crippen molar-refractivity contribution in [1.29, 1.82) is 0 Å². The molecule has 0 saturated carbocycles. The first-order valence-corrected chi connectivity index (χ1v) is 21.0. The number of hydrogen-bond acceptors (Lipinski definition) is 4. The molecule has 0 saturated heterocycles. The fourth-order valence-corrected chi connectivity index (χ4v) is 10.1. The van der Waals surface area contributed by atoms with Crippen LogP contribution in [0.25, 0.3) is 105 Å². The molecule has 3 aromatic heterocycles. The van der Waals surface area contributed by atoms with E-state index in [1.807, 2.05) is 6.07 Å². The van der Waals surface area contributed by atoms with Crippen molar-refractivity contribution in [2.24, 2.45) is 0 Å². The molecular weight excluding hydrogens is 745 g/mol. The van der Waals surface area contributed by atoms with Gasteiger partial charge in [-0.3, -0.25) is 4.57 Å². The van der Waals surface area contributed by atoms with Crippen LogP contribution in [0.1, 0.15) is 29.0 Å². The zero-order valence-corrected chi connectivity index (χ0v) is 33.1. The highest BCUT2D eigenvalue weighted by Crippen LogP contribution is 2.48. The van der Waals surface area contributed by atoms with Crippen molar-refractivity contribution in [1.82, 2.24) is 19.5 Å². The van der Waals surface area contributed by atoms with Gasteiger partial charge in [0.05, 0.1) is 11.0 Å². The van der Waals surface area contributed by atoms with Gasteiger partial charge in [0.15, 0.2) is 11.6 Å². The van der Waals surface area contributed by atoms with Gasteiger partial charge in [0.2, 0.25) is 5.95 Å². The lowest BCUT2D eigenvalue weighted by atomic mass is 9.82. The molecule has 13 rings (SSSR count). The van der Waals surface area contributed by atoms with E-state index >= 15 is 0 Å². The minimum absolute atomic E-state index is 0.0245. The van der Waals surface area contributed by atoms with Gasteiger partial charge in [-0.1, -0.05) is 146 Å². The second-order valence-corrected chi connectivity index (χ2v) is 16.3. The SMILES string of the molecule is c1ccc2c(c1)-c1cc3ccccc3cc1CCC2c1c(-c2nc(-c3ccc4ccccc4c3)nc(-n3c4ccccc4c4ccccc43)n2)ccc2c1oc1ccccc12. The average Bonchev–Trinajstić information content (AvgIpc) is 3.82. The smallest absolute Gasteiger partial charge is 0.238 e. The number of hydrogen-bond donors (Lipinski definition) is 0. The summed E-state index contributed by atoms with van der Waals surface area (Å²) < 4.78 is 9.20. The first-order chi connectivity index (χ1) is 30.2. The largest absolute Gasteiger partial charge is 0.456 e. The van der Waals surface area contributed by atoms with Crippen LogP contribution in [-0.4, -0.2) is 19.5 Å². The molecule has 286 valence electrons. The minimum Gasteiger partial charge on any atom is -0.456 e. The van der Waals surface area contributed by atoms with Crippen LogP contribution in [0.4, 0.5) is 0 Å². The van der Waals surface area contributed by atoms with Crippen molar-refractivity contribution in [3.8, 4) is 39.9 Å². The lowest BCUT2D eigenvalue weighted by molar-refractivity contribution is 0.647. The number of furan rings is 1. The molecule has 0 radical (unpaired) electrons. The quantitative estimate of drug-likeness (QED) is 0.178. The third-order valence-corrected chi connectivity index (χ3v) is 12.9. The average molecular weight is 781 g/mol. The van der Waals surface area contributed by atoms with Crippen LogP contribution >= 0.6 is 0 Å². The molecule has 9 aromatic carbocycles. The van der Waals surface area contributed by atoms with E-state index in [1.54, 1.807) is 0 Å². The van der Waals surface area contributed by atoms with E-state index in [0.29, 0.717) is 17.6 Å². The summed E-state index contributed by atoms with van der Waals surface area (Å²) in [5.74, 6) is 1.77. The summed E-state index contributed by atoms with van der Waals surface area (Å²) in [6, 6.07) is 67.2. The second-order valence-electron chi connectivity index (χ2n) is 16.3. The fraction of sp³-hybridized carbons (Fsp3) is 0.0536. The number of rotatable bonds is 4. The number of fused-ring (bicyclic) bond motifs is 11. The third kappa shape index (κ3) is 5.30. The zero-order valence-electron chi connectivity index (χ0n) is 33.1. The molecule has 61 heavy (non-hydrogen) atoms. The first-order valence-electron chi connectivity index (χ1n) is 21.0. The highest BCUT2D eigenvalue weighted by atomic mass is 16.3. The van der Waals surface area contributed by atoms with E-state index in [4.69, 9.17) is 19.4 Å². The predicted octanol–water partition coefficient (Wildman–Crippen LogP) is 14.3. The number of aryl methyl sites for hydroxylation is 1. The molecule has 1 atom stereocenters. The molecule has 0 N–H and O–H groups in total. The van der Waals surface area contributed by atoms with E-state index in [9.17, 15) is 0 Å². The Morgan fingerprint density at radius 2 is 1.10 bits per heavy atom. The maximum atomic E-state index is 7.00. The van der Waals surface area contributed by atoms with Crippen LogP contribution in [0.3, 0.4) is 0 Å². The third-order valence-electron chi connectivity index (χ3n) is 12.9. The van der Waals surface area contributed by atoms with Crippen molar-refractivity contribution in [2.45, 2.75) is 18.8 Å². The molecule has 0 amide bonds. The van der Waals surface area contributed by atoms with E-state index in [1.165, 1.54) is 38.4 Å². The van der Waals surface area contributed by atoms with Crippen molar-refractivity contribution >= 4 is 65.3 Å². The van der Waals surface area contributed by atoms with Gasteiger partial charge in [0.1, 0.15) is 11.2 Å². The van der Waals surface area contributed by atoms with E-state index < -0.39 is 0 Å². The standard InChI is InChI=1S/C56H36N4O/c1-2-14-35-32-39(26-25-34(35)13-1)54-57-55(59-56(58-54)60-49-22-10-7-19-42(49)43-20-8-11-23-50(43)60)47-30-29-46-44-21-9-12-24-51(44)61-53(46)52(47)45-28-27-38-31-36-15-3-4-16-37(36)33-48(38)41-18-6-5-17-40(41)45/h1-26,29-33,45H,27-28H2. The topological polar surface area (TPSA) is 56.7 Å². The van der Waals surface area contributed by atoms with Crippen LogP contribution in [0.15, 0.2) is 192 Å². The summed E-state index contributed by atoms with van der Waals surface area (Å²) in [6.45, 7) is 0. The predicted molar refractivity (Wildman–Crippen MR) is 249 cm³/mol. The Balaban J connectivity index is 1.11. The van der Waals surface area contributed by atoms with Gasteiger partial charge in [0, 0.05) is 44.2 Å². The lowest BCUT2D eigenvalue weighted by Gasteiger charge is -2.22. The number of para-hydroxylation sites is 3. The Bertz CT molecular complexity index is 3690. The van der Waals surface area contributed by atoms with Crippen LogP contribution in [0.5, 0.6) is 0 Å². The molecule has 3 heterocycles. The number of nitrogens with zero attached hydrogens (tertiary/aromatic N) is 4. The summed E-state index contributed by atoms with van der Waals surface area (Å²) in [4.78, 5) is 16.3. The van der Waals surface area contributed by atoms with Gasteiger partial charge in [-0.15, -0.1) is 0 Å². The molecule has 1 aliphatic carbocycles. The molecule has 12 aromatic rings. The van der Waals surface area contributed by atoms with Gasteiger partial charge in [-0.05, 0) is 99.1 Å². The lowest BCUT2D eigenvalue weighted by Crippen LogP contribution is -2.09. The molecular formula is C56H36N4O.